The Morgan fingerprint density at radius 3 is 2.89 bits per heavy atom. The van der Waals surface area contributed by atoms with E-state index in [1.54, 1.807) is 24.6 Å². The van der Waals surface area contributed by atoms with Gasteiger partial charge in [-0.15, -0.1) is 11.3 Å². The quantitative estimate of drug-likeness (QED) is 0.868. The highest BCUT2D eigenvalue weighted by atomic mass is 32.1. The molecule has 18 heavy (non-hydrogen) atoms. The van der Waals surface area contributed by atoms with E-state index >= 15 is 0 Å². The molecule has 0 spiro atoms. The summed E-state index contributed by atoms with van der Waals surface area (Å²) in [5, 5.41) is 7.33. The Labute approximate surface area is 111 Å². The monoisotopic (exact) mass is 263 g/mol. The molecule has 1 unspecified atom stereocenters. The third-order valence-corrected chi connectivity index (χ3v) is 3.86. The van der Waals surface area contributed by atoms with Crippen molar-refractivity contribution in [1.82, 2.24) is 15.0 Å². The van der Waals surface area contributed by atoms with E-state index in [0.717, 1.165) is 17.2 Å². The minimum atomic E-state index is 0.148. The summed E-state index contributed by atoms with van der Waals surface area (Å²) in [6.07, 6.45) is 4.70. The Bertz CT molecular complexity index is 511. The average Bonchev–Trinajstić information content (AvgIpc) is 2.88. The molecule has 0 saturated heterocycles. The van der Waals surface area contributed by atoms with Crippen molar-refractivity contribution in [2.75, 3.05) is 17.7 Å². The number of rotatable bonds is 5. The van der Waals surface area contributed by atoms with Crippen LogP contribution in [0.15, 0.2) is 18.5 Å². The average molecular weight is 263 g/mol. The first-order chi connectivity index (χ1) is 8.72. The second-order valence-electron chi connectivity index (χ2n) is 3.90. The Morgan fingerprint density at radius 1 is 1.39 bits per heavy atom. The zero-order valence-electron chi connectivity index (χ0n) is 10.8. The molecule has 0 amide bonds. The highest BCUT2D eigenvalue weighted by Crippen LogP contribution is 2.23. The molecule has 0 saturated carbocycles. The van der Waals surface area contributed by atoms with Crippen molar-refractivity contribution >= 4 is 23.1 Å². The van der Waals surface area contributed by atoms with Gasteiger partial charge >= 0.3 is 0 Å². The molecular formula is C12H17N5S. The lowest BCUT2D eigenvalue weighted by atomic mass is 10.3. The molecule has 1 atom stereocenters. The zero-order valence-corrected chi connectivity index (χ0v) is 11.6. The predicted octanol–water partition coefficient (Wildman–Crippen LogP) is 2.71. The molecule has 2 heterocycles. The van der Waals surface area contributed by atoms with Crippen molar-refractivity contribution in [3.8, 4) is 0 Å². The fourth-order valence-electron chi connectivity index (χ4n) is 1.53. The molecular weight excluding hydrogens is 246 g/mol. The van der Waals surface area contributed by atoms with Crippen LogP contribution in [-0.2, 0) is 6.42 Å². The van der Waals surface area contributed by atoms with Crippen LogP contribution in [0.2, 0.25) is 0 Å². The first-order valence-corrected chi connectivity index (χ1v) is 6.76. The topological polar surface area (TPSA) is 62.7 Å². The molecule has 2 rings (SSSR count). The van der Waals surface area contributed by atoms with Gasteiger partial charge in [0.15, 0.2) is 0 Å². The summed E-state index contributed by atoms with van der Waals surface area (Å²) >= 11 is 1.74. The molecule has 0 aromatic carbocycles. The van der Waals surface area contributed by atoms with Gasteiger partial charge in [0.25, 0.3) is 0 Å². The van der Waals surface area contributed by atoms with E-state index in [-0.39, 0.29) is 6.04 Å². The van der Waals surface area contributed by atoms with E-state index in [4.69, 9.17) is 0 Å². The van der Waals surface area contributed by atoms with E-state index in [2.05, 4.69) is 39.4 Å². The van der Waals surface area contributed by atoms with Crippen LogP contribution >= 0.6 is 11.3 Å². The summed E-state index contributed by atoms with van der Waals surface area (Å²) in [7, 11) is 1.80. The maximum absolute atomic E-state index is 4.42. The van der Waals surface area contributed by atoms with Crippen LogP contribution in [0.25, 0.3) is 0 Å². The maximum Gasteiger partial charge on any atom is 0.224 e. The van der Waals surface area contributed by atoms with E-state index < -0.39 is 0 Å². The van der Waals surface area contributed by atoms with Gasteiger partial charge in [0.05, 0.1) is 6.04 Å². The van der Waals surface area contributed by atoms with Crippen molar-refractivity contribution in [3.05, 3.63) is 28.3 Å². The smallest absolute Gasteiger partial charge is 0.224 e. The molecule has 2 N–H and O–H groups in total. The summed E-state index contributed by atoms with van der Waals surface area (Å²) in [5.74, 6) is 1.41. The fourth-order valence-corrected chi connectivity index (χ4v) is 2.39. The summed E-state index contributed by atoms with van der Waals surface area (Å²) < 4.78 is 0. The third kappa shape index (κ3) is 2.95. The van der Waals surface area contributed by atoms with Gasteiger partial charge in [-0.1, -0.05) is 6.92 Å². The highest BCUT2D eigenvalue weighted by Gasteiger charge is 2.10. The fraction of sp³-hybridized carbons (Fsp3) is 0.417. The summed E-state index contributed by atoms with van der Waals surface area (Å²) in [6, 6.07) is 2.00. The normalized spacial score (nSPS) is 12.2. The lowest BCUT2D eigenvalue weighted by Gasteiger charge is -2.12. The van der Waals surface area contributed by atoms with Crippen LogP contribution in [0, 0.1) is 0 Å². The minimum absolute atomic E-state index is 0.148. The molecule has 0 aliphatic heterocycles. The van der Waals surface area contributed by atoms with Gasteiger partial charge in [0.2, 0.25) is 5.95 Å². The van der Waals surface area contributed by atoms with Gasteiger partial charge in [0, 0.05) is 24.3 Å². The van der Waals surface area contributed by atoms with Gasteiger partial charge in [0.1, 0.15) is 10.8 Å². The molecule has 2 aromatic heterocycles. The SMILES string of the molecule is CCc1cnc(C(C)Nc2ccnc(NC)n2)s1. The molecule has 96 valence electrons. The highest BCUT2D eigenvalue weighted by molar-refractivity contribution is 7.11. The predicted molar refractivity (Wildman–Crippen MR) is 75.1 cm³/mol. The van der Waals surface area contributed by atoms with Crippen LogP contribution < -0.4 is 10.6 Å². The Kier molecular flexibility index (Phi) is 4.09. The summed E-state index contributed by atoms with van der Waals surface area (Å²) in [5.41, 5.74) is 0. The van der Waals surface area contributed by atoms with Crippen LogP contribution in [-0.4, -0.2) is 22.0 Å². The Morgan fingerprint density at radius 2 is 2.22 bits per heavy atom. The third-order valence-electron chi connectivity index (χ3n) is 2.53. The van der Waals surface area contributed by atoms with Crippen molar-refractivity contribution in [2.45, 2.75) is 26.3 Å². The number of aromatic nitrogens is 3. The van der Waals surface area contributed by atoms with Crippen LogP contribution in [0.3, 0.4) is 0 Å². The number of nitrogens with one attached hydrogen (secondary N) is 2. The number of nitrogens with zero attached hydrogens (tertiary/aromatic N) is 3. The summed E-state index contributed by atoms with van der Waals surface area (Å²) in [6.45, 7) is 4.22. The van der Waals surface area contributed by atoms with Crippen molar-refractivity contribution in [1.29, 1.82) is 0 Å². The van der Waals surface area contributed by atoms with Crippen molar-refractivity contribution in [2.24, 2.45) is 0 Å². The molecule has 0 aliphatic carbocycles. The molecule has 0 radical (unpaired) electrons. The number of hydrogen-bond acceptors (Lipinski definition) is 6. The number of hydrogen-bond donors (Lipinski definition) is 2. The Balaban J connectivity index is 2.08. The van der Waals surface area contributed by atoms with Gasteiger partial charge in [-0.3, -0.25) is 0 Å². The zero-order chi connectivity index (χ0) is 13.0. The first kappa shape index (κ1) is 12.8. The van der Waals surface area contributed by atoms with Crippen molar-refractivity contribution in [3.63, 3.8) is 0 Å². The summed E-state index contributed by atoms with van der Waals surface area (Å²) in [4.78, 5) is 14.1. The maximum atomic E-state index is 4.42. The lowest BCUT2D eigenvalue weighted by molar-refractivity contribution is 0.858. The standard InChI is InChI=1S/C12H17N5S/c1-4-9-7-15-11(18-9)8(2)16-10-5-6-14-12(13-3)17-10/h5-8H,4H2,1-3H3,(H2,13,14,16,17). The number of aryl methyl sites for hydroxylation is 1. The first-order valence-electron chi connectivity index (χ1n) is 5.95. The van der Waals surface area contributed by atoms with Crippen molar-refractivity contribution < 1.29 is 0 Å². The van der Waals surface area contributed by atoms with E-state index in [9.17, 15) is 0 Å². The van der Waals surface area contributed by atoms with Gasteiger partial charge < -0.3 is 10.6 Å². The van der Waals surface area contributed by atoms with Crippen LogP contribution in [0.4, 0.5) is 11.8 Å². The van der Waals surface area contributed by atoms with Gasteiger partial charge in [-0.05, 0) is 19.4 Å². The van der Waals surface area contributed by atoms with Gasteiger partial charge in [-0.25, -0.2) is 9.97 Å². The number of anilines is 2. The molecule has 6 heteroatoms. The second kappa shape index (κ2) is 5.77. The second-order valence-corrected chi connectivity index (χ2v) is 5.05. The van der Waals surface area contributed by atoms with E-state index in [1.807, 2.05) is 12.3 Å². The number of thiazole rings is 1. The lowest BCUT2D eigenvalue weighted by Crippen LogP contribution is -2.08. The minimum Gasteiger partial charge on any atom is -0.361 e. The molecule has 0 fully saturated rings. The van der Waals surface area contributed by atoms with Crippen LogP contribution in [0.5, 0.6) is 0 Å². The molecule has 5 nitrogen and oxygen atoms in total. The van der Waals surface area contributed by atoms with E-state index in [0.29, 0.717) is 5.95 Å². The molecule has 2 aromatic rings. The largest absolute Gasteiger partial charge is 0.361 e. The van der Waals surface area contributed by atoms with Crippen LogP contribution in [0.1, 0.15) is 29.8 Å². The molecule has 0 aliphatic rings. The van der Waals surface area contributed by atoms with Gasteiger partial charge in [-0.2, -0.15) is 4.98 Å². The van der Waals surface area contributed by atoms with E-state index in [1.165, 1.54) is 4.88 Å². The molecule has 0 bridgehead atoms. The Hall–Kier alpha value is -1.69.